The van der Waals surface area contributed by atoms with Crippen molar-refractivity contribution >= 4 is 11.3 Å². The number of hydrogen-bond acceptors (Lipinski definition) is 3. The van der Waals surface area contributed by atoms with Gasteiger partial charge in [-0.15, -0.1) is 11.3 Å². The number of rotatable bonds is 5. The van der Waals surface area contributed by atoms with E-state index in [1.807, 2.05) is 26.0 Å². The fourth-order valence-corrected chi connectivity index (χ4v) is 2.98. The Hall–Kier alpha value is -0.520. The summed E-state index contributed by atoms with van der Waals surface area (Å²) in [7, 11) is 1.69. The molecule has 0 radical (unpaired) electrons. The summed E-state index contributed by atoms with van der Waals surface area (Å²) in [5.74, 6) is 0. The Morgan fingerprint density at radius 1 is 1.44 bits per heavy atom. The first-order chi connectivity index (χ1) is 7.41. The number of nitrogens with zero attached hydrogens (tertiary/aromatic N) is 1. The standard InChI is InChI=1S/C11H18F2N2S/c1-7-4-5-9(16-7)11(8(2)14)15(3)6-10(12)13/h4-5,8,10-11H,6,14H2,1-3H3. The minimum absolute atomic E-state index is 0.132. The third-order valence-electron chi connectivity index (χ3n) is 2.45. The van der Waals surface area contributed by atoms with Gasteiger partial charge in [0.25, 0.3) is 6.43 Å². The molecular weight excluding hydrogens is 230 g/mol. The van der Waals surface area contributed by atoms with Gasteiger partial charge in [-0.1, -0.05) is 0 Å². The lowest BCUT2D eigenvalue weighted by molar-refractivity contribution is 0.0763. The van der Waals surface area contributed by atoms with E-state index in [4.69, 9.17) is 5.73 Å². The lowest BCUT2D eigenvalue weighted by Crippen LogP contribution is -2.39. The number of alkyl halides is 2. The van der Waals surface area contributed by atoms with Crippen LogP contribution >= 0.6 is 11.3 Å². The summed E-state index contributed by atoms with van der Waals surface area (Å²) < 4.78 is 24.7. The van der Waals surface area contributed by atoms with Crippen LogP contribution in [0, 0.1) is 6.92 Å². The molecule has 0 fully saturated rings. The van der Waals surface area contributed by atoms with E-state index in [0.717, 1.165) is 4.88 Å². The average Bonchev–Trinajstić information content (AvgIpc) is 2.49. The van der Waals surface area contributed by atoms with Crippen molar-refractivity contribution in [3.8, 4) is 0 Å². The number of nitrogens with two attached hydrogens (primary N) is 1. The van der Waals surface area contributed by atoms with Gasteiger partial charge in [0.1, 0.15) is 0 Å². The van der Waals surface area contributed by atoms with E-state index in [-0.39, 0.29) is 18.6 Å². The fourth-order valence-electron chi connectivity index (χ4n) is 1.82. The van der Waals surface area contributed by atoms with Gasteiger partial charge in [-0.3, -0.25) is 4.90 Å². The van der Waals surface area contributed by atoms with E-state index in [0.29, 0.717) is 0 Å². The lowest BCUT2D eigenvalue weighted by Gasteiger charge is -2.29. The molecule has 1 heterocycles. The van der Waals surface area contributed by atoms with Gasteiger partial charge in [0, 0.05) is 15.8 Å². The zero-order chi connectivity index (χ0) is 12.3. The highest BCUT2D eigenvalue weighted by molar-refractivity contribution is 7.12. The number of hydrogen-bond donors (Lipinski definition) is 1. The summed E-state index contributed by atoms with van der Waals surface area (Å²) in [5.41, 5.74) is 5.87. The average molecular weight is 248 g/mol. The zero-order valence-corrected chi connectivity index (χ0v) is 10.6. The highest BCUT2D eigenvalue weighted by atomic mass is 32.1. The van der Waals surface area contributed by atoms with Crippen LogP contribution in [0.25, 0.3) is 0 Å². The number of aryl methyl sites for hydroxylation is 1. The number of likely N-dealkylation sites (N-methyl/N-ethyl adjacent to an activating group) is 1. The molecule has 0 aromatic carbocycles. The summed E-state index contributed by atoms with van der Waals surface area (Å²) in [5, 5.41) is 0. The van der Waals surface area contributed by atoms with Gasteiger partial charge >= 0.3 is 0 Å². The highest BCUT2D eigenvalue weighted by Crippen LogP contribution is 2.29. The SMILES string of the molecule is Cc1ccc(C(C(C)N)N(C)CC(F)F)s1. The Balaban J connectivity index is 2.82. The molecule has 0 aliphatic carbocycles. The van der Waals surface area contributed by atoms with Gasteiger partial charge in [0.05, 0.1) is 12.6 Å². The normalized spacial score (nSPS) is 15.8. The van der Waals surface area contributed by atoms with E-state index < -0.39 is 6.43 Å². The Labute approximate surface area is 99.1 Å². The van der Waals surface area contributed by atoms with Crippen molar-refractivity contribution in [2.75, 3.05) is 13.6 Å². The molecule has 1 aromatic rings. The summed E-state index contributed by atoms with van der Waals surface area (Å²) in [6, 6.07) is 3.66. The van der Waals surface area contributed by atoms with E-state index in [1.165, 1.54) is 4.88 Å². The first-order valence-corrected chi connectivity index (χ1v) is 6.03. The Bertz CT molecular complexity index is 326. The molecule has 0 bridgehead atoms. The molecule has 2 atom stereocenters. The molecule has 5 heteroatoms. The van der Waals surface area contributed by atoms with Crippen molar-refractivity contribution in [1.29, 1.82) is 0 Å². The van der Waals surface area contributed by atoms with Crippen LogP contribution in [0.15, 0.2) is 12.1 Å². The van der Waals surface area contributed by atoms with Crippen molar-refractivity contribution in [3.05, 3.63) is 21.9 Å². The maximum atomic E-state index is 12.4. The molecule has 2 nitrogen and oxygen atoms in total. The first kappa shape index (κ1) is 13.5. The maximum absolute atomic E-state index is 12.4. The molecule has 16 heavy (non-hydrogen) atoms. The molecule has 2 N–H and O–H groups in total. The maximum Gasteiger partial charge on any atom is 0.251 e. The summed E-state index contributed by atoms with van der Waals surface area (Å²) in [4.78, 5) is 3.85. The molecule has 0 amide bonds. The second-order valence-corrected chi connectivity index (χ2v) is 5.40. The number of halogens is 2. The summed E-state index contributed by atoms with van der Waals surface area (Å²) in [6.07, 6.45) is -2.33. The van der Waals surface area contributed by atoms with E-state index in [9.17, 15) is 8.78 Å². The molecule has 0 saturated carbocycles. The number of thiophene rings is 1. The van der Waals surface area contributed by atoms with Crippen LogP contribution in [-0.4, -0.2) is 31.0 Å². The van der Waals surface area contributed by atoms with Gasteiger partial charge in [-0.2, -0.15) is 0 Å². The monoisotopic (exact) mass is 248 g/mol. The van der Waals surface area contributed by atoms with Crippen molar-refractivity contribution < 1.29 is 8.78 Å². The van der Waals surface area contributed by atoms with E-state index in [1.54, 1.807) is 23.3 Å². The van der Waals surface area contributed by atoms with Crippen molar-refractivity contribution in [2.45, 2.75) is 32.4 Å². The largest absolute Gasteiger partial charge is 0.326 e. The van der Waals surface area contributed by atoms with Crippen LogP contribution in [0.4, 0.5) is 8.78 Å². The van der Waals surface area contributed by atoms with E-state index >= 15 is 0 Å². The predicted molar refractivity (Wildman–Crippen MR) is 64.1 cm³/mol. The summed E-state index contributed by atoms with van der Waals surface area (Å²) >= 11 is 1.61. The van der Waals surface area contributed by atoms with Crippen molar-refractivity contribution in [2.24, 2.45) is 5.73 Å². The van der Waals surface area contributed by atoms with Gasteiger partial charge < -0.3 is 5.73 Å². The highest BCUT2D eigenvalue weighted by Gasteiger charge is 2.24. The van der Waals surface area contributed by atoms with Crippen LogP contribution in [-0.2, 0) is 0 Å². The van der Waals surface area contributed by atoms with E-state index in [2.05, 4.69) is 0 Å². The lowest BCUT2D eigenvalue weighted by atomic mass is 10.1. The van der Waals surface area contributed by atoms with Gasteiger partial charge in [0.15, 0.2) is 0 Å². The molecular formula is C11H18F2N2S. The van der Waals surface area contributed by atoms with Gasteiger partial charge in [-0.05, 0) is 33.0 Å². The van der Waals surface area contributed by atoms with Gasteiger partial charge in [-0.25, -0.2) is 8.78 Å². The predicted octanol–water partition coefficient (Wildman–Crippen LogP) is 2.64. The van der Waals surface area contributed by atoms with Crippen LogP contribution in [0.3, 0.4) is 0 Å². The van der Waals surface area contributed by atoms with Crippen LogP contribution in [0.2, 0.25) is 0 Å². The van der Waals surface area contributed by atoms with Crippen molar-refractivity contribution in [3.63, 3.8) is 0 Å². The third kappa shape index (κ3) is 3.50. The Kier molecular flexibility index (Phi) is 4.83. The van der Waals surface area contributed by atoms with Crippen LogP contribution in [0.1, 0.15) is 22.7 Å². The smallest absolute Gasteiger partial charge is 0.251 e. The molecule has 0 aliphatic heterocycles. The Morgan fingerprint density at radius 3 is 2.44 bits per heavy atom. The molecule has 0 aliphatic rings. The molecule has 1 aromatic heterocycles. The fraction of sp³-hybridized carbons (Fsp3) is 0.636. The quantitative estimate of drug-likeness (QED) is 0.868. The third-order valence-corrected chi connectivity index (χ3v) is 3.52. The zero-order valence-electron chi connectivity index (χ0n) is 9.78. The van der Waals surface area contributed by atoms with Crippen molar-refractivity contribution in [1.82, 2.24) is 4.90 Å². The molecule has 1 rings (SSSR count). The van der Waals surface area contributed by atoms with Crippen LogP contribution in [0.5, 0.6) is 0 Å². The molecule has 0 spiro atoms. The molecule has 2 unspecified atom stereocenters. The minimum Gasteiger partial charge on any atom is -0.326 e. The topological polar surface area (TPSA) is 29.3 Å². The molecule has 0 saturated heterocycles. The van der Waals surface area contributed by atoms with Gasteiger partial charge in [0.2, 0.25) is 0 Å². The summed E-state index contributed by atoms with van der Waals surface area (Å²) in [6.45, 7) is 3.60. The Morgan fingerprint density at radius 2 is 2.06 bits per heavy atom. The first-order valence-electron chi connectivity index (χ1n) is 5.22. The molecule has 92 valence electrons. The minimum atomic E-state index is -2.33. The van der Waals surface area contributed by atoms with Crippen LogP contribution < -0.4 is 5.73 Å². The second kappa shape index (κ2) is 5.70. The second-order valence-electron chi connectivity index (χ2n) is 4.08.